The molecular formula is C13H14BrClN2. The minimum atomic E-state index is 0.374. The summed E-state index contributed by atoms with van der Waals surface area (Å²) >= 11 is 9.93. The third-order valence-corrected chi connectivity index (χ3v) is 3.74. The van der Waals surface area contributed by atoms with E-state index in [0.717, 1.165) is 21.4 Å². The molecule has 0 atom stereocenters. The lowest BCUT2D eigenvalue weighted by molar-refractivity contribution is 0.857. The summed E-state index contributed by atoms with van der Waals surface area (Å²) in [5.74, 6) is 0.374. The molecule has 0 bridgehead atoms. The number of benzene rings is 1. The highest BCUT2D eigenvalue weighted by Gasteiger charge is 2.17. The second kappa shape index (κ2) is 4.83. The van der Waals surface area contributed by atoms with Crippen LogP contribution in [0.4, 0.5) is 0 Å². The highest BCUT2D eigenvalue weighted by molar-refractivity contribution is 9.10. The first kappa shape index (κ1) is 12.7. The van der Waals surface area contributed by atoms with Gasteiger partial charge >= 0.3 is 0 Å². The first-order valence-electron chi connectivity index (χ1n) is 5.52. The average molecular weight is 314 g/mol. The van der Waals surface area contributed by atoms with Gasteiger partial charge in [0.15, 0.2) is 0 Å². The van der Waals surface area contributed by atoms with E-state index in [0.29, 0.717) is 11.1 Å². The molecule has 1 heterocycles. The number of rotatable bonds is 2. The summed E-state index contributed by atoms with van der Waals surface area (Å²) in [7, 11) is 0. The van der Waals surface area contributed by atoms with E-state index in [-0.39, 0.29) is 0 Å². The molecule has 2 nitrogen and oxygen atoms in total. The molecule has 0 aliphatic rings. The molecule has 2 rings (SSSR count). The molecule has 2 aromatic rings. The van der Waals surface area contributed by atoms with E-state index >= 15 is 0 Å². The standard InChI is InChI=1S/C13H14BrClN2/c1-8(2)12-9(3)16-17(13(12)15)11-7-5-4-6-10(11)14/h4-8H,1-3H3. The molecule has 1 aromatic carbocycles. The molecule has 1 aromatic heterocycles. The Kier molecular flexibility index (Phi) is 3.59. The predicted molar refractivity (Wildman–Crippen MR) is 75.1 cm³/mol. The van der Waals surface area contributed by atoms with E-state index < -0.39 is 0 Å². The first-order valence-corrected chi connectivity index (χ1v) is 6.69. The fourth-order valence-corrected chi connectivity index (χ4v) is 2.89. The van der Waals surface area contributed by atoms with E-state index in [1.54, 1.807) is 4.68 Å². The van der Waals surface area contributed by atoms with Crippen molar-refractivity contribution in [3.05, 3.63) is 45.1 Å². The molecule has 0 spiro atoms. The highest BCUT2D eigenvalue weighted by Crippen LogP contribution is 2.31. The van der Waals surface area contributed by atoms with E-state index in [1.165, 1.54) is 0 Å². The zero-order valence-corrected chi connectivity index (χ0v) is 12.4. The van der Waals surface area contributed by atoms with Crippen LogP contribution in [0.15, 0.2) is 28.7 Å². The lowest BCUT2D eigenvalue weighted by Crippen LogP contribution is -1.97. The van der Waals surface area contributed by atoms with Gasteiger partial charge in [0, 0.05) is 10.0 Å². The summed E-state index contributed by atoms with van der Waals surface area (Å²) < 4.78 is 2.77. The van der Waals surface area contributed by atoms with Crippen LogP contribution in [0.2, 0.25) is 5.15 Å². The van der Waals surface area contributed by atoms with Gasteiger partial charge in [-0.2, -0.15) is 5.10 Å². The number of aromatic nitrogens is 2. The molecule has 90 valence electrons. The number of hydrogen-bond donors (Lipinski definition) is 0. The Morgan fingerprint density at radius 2 is 1.94 bits per heavy atom. The molecule has 4 heteroatoms. The summed E-state index contributed by atoms with van der Waals surface area (Å²) in [5, 5.41) is 5.22. The van der Waals surface area contributed by atoms with Gasteiger partial charge in [0.25, 0.3) is 0 Å². The molecule has 0 unspecified atom stereocenters. The zero-order valence-electron chi connectivity index (χ0n) is 10.0. The van der Waals surface area contributed by atoms with Gasteiger partial charge in [-0.3, -0.25) is 0 Å². The summed E-state index contributed by atoms with van der Waals surface area (Å²) in [6.07, 6.45) is 0. The topological polar surface area (TPSA) is 17.8 Å². The lowest BCUT2D eigenvalue weighted by Gasteiger charge is -2.07. The average Bonchev–Trinajstić information content (AvgIpc) is 2.55. The van der Waals surface area contributed by atoms with Crippen LogP contribution in [-0.2, 0) is 0 Å². The van der Waals surface area contributed by atoms with Crippen molar-refractivity contribution in [3.63, 3.8) is 0 Å². The van der Waals surface area contributed by atoms with Crippen molar-refractivity contribution in [1.29, 1.82) is 0 Å². The van der Waals surface area contributed by atoms with Crippen LogP contribution in [0, 0.1) is 6.92 Å². The molecule has 0 aliphatic carbocycles. The molecule has 0 radical (unpaired) electrons. The second-order valence-electron chi connectivity index (χ2n) is 4.31. The number of nitrogens with zero attached hydrogens (tertiary/aromatic N) is 2. The Labute approximate surface area is 115 Å². The van der Waals surface area contributed by atoms with Crippen LogP contribution >= 0.6 is 27.5 Å². The molecule has 0 aliphatic heterocycles. The quantitative estimate of drug-likeness (QED) is 0.784. The van der Waals surface area contributed by atoms with E-state index in [9.17, 15) is 0 Å². The summed E-state index contributed by atoms with van der Waals surface area (Å²) in [6, 6.07) is 7.92. The van der Waals surface area contributed by atoms with Crippen molar-refractivity contribution in [2.45, 2.75) is 26.7 Å². The van der Waals surface area contributed by atoms with E-state index in [4.69, 9.17) is 11.6 Å². The fourth-order valence-electron chi connectivity index (χ4n) is 1.95. The molecule has 0 N–H and O–H groups in total. The number of para-hydroxylation sites is 1. The van der Waals surface area contributed by atoms with Gasteiger partial charge in [0.05, 0.1) is 11.4 Å². The van der Waals surface area contributed by atoms with Crippen molar-refractivity contribution in [3.8, 4) is 5.69 Å². The fraction of sp³-hybridized carbons (Fsp3) is 0.308. The molecule has 0 amide bonds. The summed E-state index contributed by atoms with van der Waals surface area (Å²) in [4.78, 5) is 0. The normalized spacial score (nSPS) is 11.2. The molecule has 0 fully saturated rings. The monoisotopic (exact) mass is 312 g/mol. The first-order chi connectivity index (χ1) is 8.02. The Balaban J connectivity index is 2.62. The van der Waals surface area contributed by atoms with Gasteiger partial charge in [-0.15, -0.1) is 0 Å². The van der Waals surface area contributed by atoms with Gasteiger partial charge in [0.2, 0.25) is 0 Å². The number of aryl methyl sites for hydroxylation is 1. The minimum Gasteiger partial charge on any atom is -0.221 e. The van der Waals surface area contributed by atoms with E-state index in [2.05, 4.69) is 34.9 Å². The van der Waals surface area contributed by atoms with Gasteiger partial charge in [-0.05, 0) is 40.9 Å². The third-order valence-electron chi connectivity index (χ3n) is 2.71. The largest absolute Gasteiger partial charge is 0.221 e. The molecule has 17 heavy (non-hydrogen) atoms. The molecule has 0 saturated heterocycles. The van der Waals surface area contributed by atoms with Crippen LogP contribution in [-0.4, -0.2) is 9.78 Å². The van der Waals surface area contributed by atoms with Crippen molar-refractivity contribution in [2.24, 2.45) is 0 Å². The van der Waals surface area contributed by atoms with Gasteiger partial charge in [-0.1, -0.05) is 37.6 Å². The maximum Gasteiger partial charge on any atom is 0.136 e. The van der Waals surface area contributed by atoms with Crippen molar-refractivity contribution < 1.29 is 0 Å². The zero-order chi connectivity index (χ0) is 12.6. The number of halogens is 2. The van der Waals surface area contributed by atoms with Crippen molar-refractivity contribution >= 4 is 27.5 Å². The minimum absolute atomic E-state index is 0.374. The van der Waals surface area contributed by atoms with Gasteiger partial charge in [-0.25, -0.2) is 4.68 Å². The van der Waals surface area contributed by atoms with Gasteiger partial charge < -0.3 is 0 Å². The van der Waals surface area contributed by atoms with Crippen molar-refractivity contribution in [2.75, 3.05) is 0 Å². The molecule has 0 saturated carbocycles. The maximum atomic E-state index is 6.41. The SMILES string of the molecule is Cc1nn(-c2ccccc2Br)c(Cl)c1C(C)C. The lowest BCUT2D eigenvalue weighted by atomic mass is 10.1. The van der Waals surface area contributed by atoms with E-state index in [1.807, 2.05) is 31.2 Å². The summed E-state index contributed by atoms with van der Waals surface area (Å²) in [5.41, 5.74) is 3.07. The predicted octanol–water partition coefficient (Wildman–Crippen LogP) is 4.72. The van der Waals surface area contributed by atoms with Crippen LogP contribution in [0.1, 0.15) is 31.0 Å². The van der Waals surface area contributed by atoms with Crippen LogP contribution in [0.5, 0.6) is 0 Å². The Morgan fingerprint density at radius 1 is 1.29 bits per heavy atom. The molecular weight excluding hydrogens is 300 g/mol. The Morgan fingerprint density at radius 3 is 2.47 bits per heavy atom. The second-order valence-corrected chi connectivity index (χ2v) is 5.52. The smallest absolute Gasteiger partial charge is 0.136 e. The summed E-state index contributed by atoms with van der Waals surface area (Å²) in [6.45, 7) is 6.25. The maximum absolute atomic E-state index is 6.41. The van der Waals surface area contributed by atoms with Gasteiger partial charge in [0.1, 0.15) is 5.15 Å². The number of hydrogen-bond acceptors (Lipinski definition) is 1. The van der Waals surface area contributed by atoms with Crippen LogP contribution < -0.4 is 0 Å². The Bertz CT molecular complexity index is 546. The van der Waals surface area contributed by atoms with Crippen molar-refractivity contribution in [1.82, 2.24) is 9.78 Å². The Hall–Kier alpha value is -0.800. The van der Waals surface area contributed by atoms with Crippen LogP contribution in [0.3, 0.4) is 0 Å². The third kappa shape index (κ3) is 2.26. The highest BCUT2D eigenvalue weighted by atomic mass is 79.9. The van der Waals surface area contributed by atoms with Crippen LogP contribution in [0.25, 0.3) is 5.69 Å².